The summed E-state index contributed by atoms with van der Waals surface area (Å²) < 4.78 is 13.0. The highest BCUT2D eigenvalue weighted by Gasteiger charge is 2.25. The third kappa shape index (κ3) is 2.99. The van der Waals surface area contributed by atoms with Crippen LogP contribution in [0.2, 0.25) is 5.02 Å². The Morgan fingerprint density at radius 2 is 2.06 bits per heavy atom. The van der Waals surface area contributed by atoms with Crippen LogP contribution in [0.1, 0.15) is 44.7 Å². The highest BCUT2D eigenvalue weighted by Crippen LogP contribution is 2.31. The molecule has 0 aliphatic heterocycles. The Labute approximate surface area is 107 Å². The lowest BCUT2D eigenvalue weighted by molar-refractivity contribution is 0.230. The van der Waals surface area contributed by atoms with Gasteiger partial charge in [-0.2, -0.15) is 0 Å². The third-order valence-corrected chi connectivity index (χ3v) is 4.13. The Balaban J connectivity index is 2.00. The molecule has 0 saturated heterocycles. The summed E-state index contributed by atoms with van der Waals surface area (Å²) in [6, 6.07) is 5.28. The minimum atomic E-state index is -0.280. The minimum absolute atomic E-state index is 0.165. The maximum absolute atomic E-state index is 13.0. The van der Waals surface area contributed by atoms with Gasteiger partial charge in [0.05, 0.1) is 0 Å². The van der Waals surface area contributed by atoms with E-state index in [4.69, 9.17) is 11.6 Å². The Morgan fingerprint density at radius 1 is 1.35 bits per heavy atom. The van der Waals surface area contributed by atoms with Gasteiger partial charge in [-0.05, 0) is 50.3 Å². The van der Waals surface area contributed by atoms with Crippen LogP contribution in [0.25, 0.3) is 0 Å². The molecule has 1 aromatic carbocycles. The summed E-state index contributed by atoms with van der Waals surface area (Å²) in [5.41, 5.74) is 0.972. The topological polar surface area (TPSA) is 12.0 Å². The van der Waals surface area contributed by atoms with Crippen molar-refractivity contribution < 1.29 is 4.39 Å². The highest BCUT2D eigenvalue weighted by molar-refractivity contribution is 6.31. The van der Waals surface area contributed by atoms with Gasteiger partial charge in [-0.1, -0.05) is 24.1 Å². The zero-order chi connectivity index (χ0) is 12.4. The second-order valence-electron chi connectivity index (χ2n) is 5.03. The Morgan fingerprint density at radius 3 is 2.59 bits per heavy atom. The number of hydrogen-bond donors (Lipinski definition) is 1. The normalized spacial score (nSPS) is 19.8. The van der Waals surface area contributed by atoms with Crippen LogP contribution in [0.4, 0.5) is 4.39 Å². The number of halogens is 2. The van der Waals surface area contributed by atoms with Crippen LogP contribution in [0, 0.1) is 11.7 Å². The summed E-state index contributed by atoms with van der Waals surface area (Å²) in [4.78, 5) is 0. The van der Waals surface area contributed by atoms with Crippen LogP contribution in [-0.4, -0.2) is 6.04 Å². The van der Waals surface area contributed by atoms with E-state index >= 15 is 0 Å². The maximum Gasteiger partial charge on any atom is 0.124 e. The van der Waals surface area contributed by atoms with E-state index in [-0.39, 0.29) is 11.9 Å². The van der Waals surface area contributed by atoms with Gasteiger partial charge < -0.3 is 5.32 Å². The van der Waals surface area contributed by atoms with Crippen molar-refractivity contribution in [1.29, 1.82) is 0 Å². The molecule has 0 bridgehead atoms. The highest BCUT2D eigenvalue weighted by atomic mass is 35.5. The summed E-state index contributed by atoms with van der Waals surface area (Å²) in [6.45, 7) is 4.30. The summed E-state index contributed by atoms with van der Waals surface area (Å²) in [5, 5.41) is 4.06. The van der Waals surface area contributed by atoms with E-state index in [0.29, 0.717) is 11.1 Å². The van der Waals surface area contributed by atoms with Crippen molar-refractivity contribution in [1.82, 2.24) is 5.32 Å². The maximum atomic E-state index is 13.0. The van der Waals surface area contributed by atoms with Crippen molar-refractivity contribution in [3.05, 3.63) is 34.6 Å². The van der Waals surface area contributed by atoms with E-state index in [1.54, 1.807) is 6.07 Å². The van der Waals surface area contributed by atoms with Crippen molar-refractivity contribution in [2.24, 2.45) is 5.92 Å². The zero-order valence-corrected chi connectivity index (χ0v) is 11.1. The molecule has 1 aromatic rings. The van der Waals surface area contributed by atoms with Crippen LogP contribution in [0.3, 0.4) is 0 Å². The number of benzene rings is 1. The summed E-state index contributed by atoms with van der Waals surface area (Å²) in [7, 11) is 0. The van der Waals surface area contributed by atoms with Crippen molar-refractivity contribution in [3.8, 4) is 0 Å². The first-order valence-electron chi connectivity index (χ1n) is 6.29. The number of hydrogen-bond acceptors (Lipinski definition) is 1. The largest absolute Gasteiger partial charge is 0.307 e. The molecule has 0 spiro atoms. The van der Waals surface area contributed by atoms with Gasteiger partial charge in [0.25, 0.3) is 0 Å². The Bertz CT molecular complexity index is 390. The number of rotatable bonds is 4. The van der Waals surface area contributed by atoms with Crippen LogP contribution in [-0.2, 0) is 0 Å². The van der Waals surface area contributed by atoms with Crippen LogP contribution in [0.5, 0.6) is 0 Å². The fourth-order valence-electron chi connectivity index (χ4n) is 2.41. The zero-order valence-electron chi connectivity index (χ0n) is 10.3. The molecule has 1 N–H and O–H groups in total. The summed E-state index contributed by atoms with van der Waals surface area (Å²) >= 11 is 6.06. The van der Waals surface area contributed by atoms with Gasteiger partial charge in [0.2, 0.25) is 0 Å². The summed E-state index contributed by atoms with van der Waals surface area (Å²) in [6.07, 6.45) is 3.98. The Hall–Kier alpha value is -0.600. The predicted molar refractivity (Wildman–Crippen MR) is 69.8 cm³/mol. The average molecular weight is 256 g/mol. The molecule has 1 saturated carbocycles. The lowest BCUT2D eigenvalue weighted by Crippen LogP contribution is -2.38. The molecule has 17 heavy (non-hydrogen) atoms. The van der Waals surface area contributed by atoms with Gasteiger partial charge in [-0.3, -0.25) is 0 Å². The lowest BCUT2D eigenvalue weighted by atomic mass is 9.80. The molecule has 0 aromatic heterocycles. The third-order valence-electron chi connectivity index (χ3n) is 3.80. The van der Waals surface area contributed by atoms with Gasteiger partial charge in [0, 0.05) is 17.1 Å². The standard InChI is InChI=1S/C14H19ClFN/c1-9(11-4-3-5-11)17-10(2)13-7-6-12(16)8-14(13)15/h6-11,17H,3-5H2,1-2H3. The minimum Gasteiger partial charge on any atom is -0.307 e. The monoisotopic (exact) mass is 255 g/mol. The van der Waals surface area contributed by atoms with Crippen molar-refractivity contribution in [2.75, 3.05) is 0 Å². The molecule has 1 nitrogen and oxygen atoms in total. The van der Waals surface area contributed by atoms with Gasteiger partial charge in [0.15, 0.2) is 0 Å². The quantitative estimate of drug-likeness (QED) is 0.845. The fourth-order valence-corrected chi connectivity index (χ4v) is 2.74. The molecule has 1 aliphatic carbocycles. The van der Waals surface area contributed by atoms with Gasteiger partial charge in [-0.25, -0.2) is 4.39 Å². The molecule has 1 aliphatic rings. The molecule has 2 atom stereocenters. The van der Waals surface area contributed by atoms with Crippen molar-refractivity contribution in [2.45, 2.75) is 45.2 Å². The first-order chi connectivity index (χ1) is 8.08. The average Bonchev–Trinajstić information content (AvgIpc) is 2.13. The van der Waals surface area contributed by atoms with E-state index in [1.165, 1.54) is 31.4 Å². The SMILES string of the molecule is CC(NC(C)C1CCC1)c1ccc(F)cc1Cl. The molecular formula is C14H19ClFN. The molecule has 2 rings (SSSR count). The molecule has 1 fully saturated rings. The van der Waals surface area contributed by atoms with E-state index in [2.05, 4.69) is 19.2 Å². The molecule has 94 valence electrons. The molecule has 3 heteroatoms. The van der Waals surface area contributed by atoms with Gasteiger partial charge in [-0.15, -0.1) is 0 Å². The lowest BCUT2D eigenvalue weighted by Gasteiger charge is -2.34. The van der Waals surface area contributed by atoms with E-state index in [0.717, 1.165) is 11.5 Å². The van der Waals surface area contributed by atoms with Crippen molar-refractivity contribution >= 4 is 11.6 Å². The van der Waals surface area contributed by atoms with E-state index in [1.807, 2.05) is 0 Å². The Kier molecular flexibility index (Phi) is 4.05. The second kappa shape index (κ2) is 5.36. The second-order valence-corrected chi connectivity index (χ2v) is 5.44. The van der Waals surface area contributed by atoms with Crippen LogP contribution in [0.15, 0.2) is 18.2 Å². The predicted octanol–water partition coefficient (Wildman–Crippen LogP) is 4.32. The van der Waals surface area contributed by atoms with Crippen molar-refractivity contribution in [3.63, 3.8) is 0 Å². The molecule has 0 amide bonds. The summed E-state index contributed by atoms with van der Waals surface area (Å²) in [5.74, 6) is 0.509. The molecule has 0 radical (unpaired) electrons. The number of nitrogens with one attached hydrogen (secondary N) is 1. The molecule has 2 unspecified atom stereocenters. The van der Waals surface area contributed by atoms with E-state index in [9.17, 15) is 4.39 Å². The smallest absolute Gasteiger partial charge is 0.124 e. The molecular weight excluding hydrogens is 237 g/mol. The van der Waals surface area contributed by atoms with Gasteiger partial charge >= 0.3 is 0 Å². The first kappa shape index (κ1) is 12.8. The molecule has 0 heterocycles. The van der Waals surface area contributed by atoms with Gasteiger partial charge in [0.1, 0.15) is 5.82 Å². The van der Waals surface area contributed by atoms with Crippen LogP contribution < -0.4 is 5.32 Å². The fraction of sp³-hybridized carbons (Fsp3) is 0.571. The van der Waals surface area contributed by atoms with Crippen LogP contribution >= 0.6 is 11.6 Å². The van der Waals surface area contributed by atoms with E-state index < -0.39 is 0 Å². The first-order valence-corrected chi connectivity index (χ1v) is 6.66.